The van der Waals surface area contributed by atoms with E-state index in [1.807, 2.05) is 0 Å². The van der Waals surface area contributed by atoms with Crippen molar-refractivity contribution in [1.82, 2.24) is 15.5 Å². The van der Waals surface area contributed by atoms with Gasteiger partial charge in [-0.25, -0.2) is 4.79 Å². The fourth-order valence-corrected chi connectivity index (χ4v) is 1.31. The molecule has 0 radical (unpaired) electrons. The van der Waals surface area contributed by atoms with Crippen molar-refractivity contribution in [2.24, 2.45) is 0 Å². The molecule has 0 spiro atoms. The molecule has 1 aliphatic heterocycles. The molecule has 90 valence electrons. The molecule has 3 N–H and O–H groups in total. The molecule has 3 amide bonds. The summed E-state index contributed by atoms with van der Waals surface area (Å²) in [6.45, 7) is 2.49. The molecule has 0 saturated carbocycles. The van der Waals surface area contributed by atoms with E-state index in [2.05, 4.69) is 10.6 Å². The molecule has 0 aromatic heterocycles. The van der Waals surface area contributed by atoms with Gasteiger partial charge in [-0.05, 0) is 6.92 Å². The van der Waals surface area contributed by atoms with Crippen molar-refractivity contribution >= 4 is 17.9 Å². The number of aliphatic carboxylic acids is 1. The van der Waals surface area contributed by atoms with Crippen molar-refractivity contribution in [2.45, 2.75) is 19.4 Å². The van der Waals surface area contributed by atoms with Crippen LogP contribution in [0.4, 0.5) is 4.79 Å². The maximum absolute atomic E-state index is 11.6. The molecule has 1 rings (SSSR count). The molecule has 7 heteroatoms. The third-order valence-corrected chi connectivity index (χ3v) is 2.31. The van der Waals surface area contributed by atoms with Crippen LogP contribution in [0, 0.1) is 0 Å². The van der Waals surface area contributed by atoms with Crippen LogP contribution >= 0.6 is 0 Å². The molecule has 1 saturated heterocycles. The number of carbonyl (C=O) groups is 3. The average molecular weight is 229 g/mol. The smallest absolute Gasteiger partial charge is 0.325 e. The molecule has 1 atom stereocenters. The van der Waals surface area contributed by atoms with Crippen LogP contribution in [-0.4, -0.2) is 53.6 Å². The summed E-state index contributed by atoms with van der Waals surface area (Å²) in [6.07, 6.45) is 0.245. The third-order valence-electron chi connectivity index (χ3n) is 2.31. The van der Waals surface area contributed by atoms with E-state index in [1.165, 1.54) is 11.8 Å². The minimum Gasteiger partial charge on any atom is -0.480 e. The molecular weight excluding hydrogens is 214 g/mol. The number of carbonyl (C=O) groups excluding carboxylic acids is 2. The Labute approximate surface area is 92.8 Å². The Morgan fingerprint density at radius 2 is 2.19 bits per heavy atom. The topological polar surface area (TPSA) is 98.7 Å². The zero-order chi connectivity index (χ0) is 12.1. The van der Waals surface area contributed by atoms with Crippen LogP contribution in [0.3, 0.4) is 0 Å². The summed E-state index contributed by atoms with van der Waals surface area (Å²) >= 11 is 0. The van der Waals surface area contributed by atoms with E-state index in [9.17, 15) is 14.4 Å². The van der Waals surface area contributed by atoms with Crippen LogP contribution in [0.2, 0.25) is 0 Å². The Morgan fingerprint density at radius 3 is 2.81 bits per heavy atom. The lowest BCUT2D eigenvalue weighted by Gasteiger charge is -2.21. The highest BCUT2D eigenvalue weighted by atomic mass is 16.4. The predicted octanol–water partition coefficient (Wildman–Crippen LogP) is -1.01. The molecule has 0 bridgehead atoms. The number of carboxylic acid groups (broad SMARTS) is 1. The van der Waals surface area contributed by atoms with Crippen molar-refractivity contribution in [3.8, 4) is 0 Å². The first-order valence-corrected chi connectivity index (χ1v) is 5.05. The minimum absolute atomic E-state index is 0.0958. The van der Waals surface area contributed by atoms with E-state index in [-0.39, 0.29) is 12.3 Å². The average Bonchev–Trinajstić information content (AvgIpc) is 2.42. The SMILES string of the molecule is CC(NC(=O)N1CCNC(=O)CC1)C(=O)O. The van der Waals surface area contributed by atoms with Gasteiger partial charge in [0.15, 0.2) is 0 Å². The number of rotatable bonds is 2. The quantitative estimate of drug-likeness (QED) is 0.565. The van der Waals surface area contributed by atoms with Gasteiger partial charge in [0.2, 0.25) is 5.91 Å². The van der Waals surface area contributed by atoms with Gasteiger partial charge in [-0.2, -0.15) is 0 Å². The highest BCUT2D eigenvalue weighted by Gasteiger charge is 2.21. The van der Waals surface area contributed by atoms with Gasteiger partial charge in [-0.1, -0.05) is 0 Å². The lowest BCUT2D eigenvalue weighted by atomic mass is 10.3. The summed E-state index contributed by atoms with van der Waals surface area (Å²) in [7, 11) is 0. The highest BCUT2D eigenvalue weighted by molar-refractivity contribution is 5.83. The summed E-state index contributed by atoms with van der Waals surface area (Å²) in [5.74, 6) is -1.18. The van der Waals surface area contributed by atoms with E-state index in [4.69, 9.17) is 5.11 Å². The second kappa shape index (κ2) is 5.34. The lowest BCUT2D eigenvalue weighted by Crippen LogP contribution is -2.47. The van der Waals surface area contributed by atoms with E-state index in [0.717, 1.165) is 0 Å². The summed E-state index contributed by atoms with van der Waals surface area (Å²) in [5, 5.41) is 13.6. The fraction of sp³-hybridized carbons (Fsp3) is 0.667. The number of nitrogens with zero attached hydrogens (tertiary/aromatic N) is 1. The molecule has 0 aromatic rings. The summed E-state index contributed by atoms with van der Waals surface area (Å²) in [5.41, 5.74) is 0. The first-order valence-electron chi connectivity index (χ1n) is 5.05. The molecular formula is C9H15N3O4. The Morgan fingerprint density at radius 1 is 1.50 bits per heavy atom. The van der Waals surface area contributed by atoms with Crippen LogP contribution in [0.15, 0.2) is 0 Å². The number of carboxylic acids is 1. The number of nitrogens with one attached hydrogen (secondary N) is 2. The summed E-state index contributed by atoms with van der Waals surface area (Å²) < 4.78 is 0. The number of amides is 3. The van der Waals surface area contributed by atoms with Crippen LogP contribution < -0.4 is 10.6 Å². The van der Waals surface area contributed by atoms with Crippen LogP contribution in [-0.2, 0) is 9.59 Å². The second-order valence-corrected chi connectivity index (χ2v) is 3.60. The van der Waals surface area contributed by atoms with Gasteiger partial charge in [0, 0.05) is 26.1 Å². The maximum Gasteiger partial charge on any atom is 0.325 e. The van der Waals surface area contributed by atoms with Crippen LogP contribution in [0.1, 0.15) is 13.3 Å². The number of urea groups is 1. The van der Waals surface area contributed by atoms with Crippen molar-refractivity contribution in [1.29, 1.82) is 0 Å². The second-order valence-electron chi connectivity index (χ2n) is 3.60. The first kappa shape index (κ1) is 12.3. The minimum atomic E-state index is -1.09. The van der Waals surface area contributed by atoms with Gasteiger partial charge in [-0.3, -0.25) is 9.59 Å². The van der Waals surface area contributed by atoms with Crippen LogP contribution in [0.5, 0.6) is 0 Å². The van der Waals surface area contributed by atoms with Crippen molar-refractivity contribution < 1.29 is 19.5 Å². The van der Waals surface area contributed by atoms with Gasteiger partial charge < -0.3 is 20.6 Å². The molecule has 16 heavy (non-hydrogen) atoms. The van der Waals surface area contributed by atoms with Gasteiger partial charge in [0.05, 0.1) is 0 Å². The van der Waals surface area contributed by atoms with E-state index >= 15 is 0 Å². The normalized spacial score (nSPS) is 18.3. The monoisotopic (exact) mass is 229 g/mol. The van der Waals surface area contributed by atoms with E-state index in [1.54, 1.807) is 0 Å². The van der Waals surface area contributed by atoms with Gasteiger partial charge in [-0.15, -0.1) is 0 Å². The Hall–Kier alpha value is -1.79. The van der Waals surface area contributed by atoms with Crippen molar-refractivity contribution in [3.05, 3.63) is 0 Å². The molecule has 0 aliphatic carbocycles. The van der Waals surface area contributed by atoms with Crippen molar-refractivity contribution in [3.63, 3.8) is 0 Å². The van der Waals surface area contributed by atoms with Crippen LogP contribution in [0.25, 0.3) is 0 Å². The van der Waals surface area contributed by atoms with Gasteiger partial charge in [0.1, 0.15) is 6.04 Å². The van der Waals surface area contributed by atoms with Gasteiger partial charge in [0.25, 0.3) is 0 Å². The zero-order valence-corrected chi connectivity index (χ0v) is 9.02. The number of hydrogen-bond donors (Lipinski definition) is 3. The van der Waals surface area contributed by atoms with E-state index in [0.29, 0.717) is 19.6 Å². The lowest BCUT2D eigenvalue weighted by molar-refractivity contribution is -0.138. The zero-order valence-electron chi connectivity index (χ0n) is 9.02. The summed E-state index contributed by atoms with van der Waals surface area (Å²) in [4.78, 5) is 34.6. The largest absolute Gasteiger partial charge is 0.480 e. The summed E-state index contributed by atoms with van der Waals surface area (Å²) in [6, 6.07) is -1.38. The molecule has 1 heterocycles. The Kier molecular flexibility index (Phi) is 4.10. The maximum atomic E-state index is 11.6. The van der Waals surface area contributed by atoms with Gasteiger partial charge >= 0.3 is 12.0 Å². The fourth-order valence-electron chi connectivity index (χ4n) is 1.31. The third kappa shape index (κ3) is 3.41. The van der Waals surface area contributed by atoms with E-state index < -0.39 is 18.0 Å². The standard InChI is InChI=1S/C9H15N3O4/c1-6(8(14)15)11-9(16)12-4-2-7(13)10-3-5-12/h6H,2-5H2,1H3,(H,10,13)(H,11,16)(H,14,15). The Bertz CT molecular complexity index is 305. The van der Waals surface area contributed by atoms with Crippen molar-refractivity contribution in [2.75, 3.05) is 19.6 Å². The molecule has 1 unspecified atom stereocenters. The first-order chi connectivity index (χ1) is 7.50. The Balaban J connectivity index is 2.47. The molecule has 7 nitrogen and oxygen atoms in total. The molecule has 1 fully saturated rings. The number of hydrogen-bond acceptors (Lipinski definition) is 3. The molecule has 1 aliphatic rings. The predicted molar refractivity (Wildman–Crippen MR) is 54.8 cm³/mol. The highest BCUT2D eigenvalue weighted by Crippen LogP contribution is 1.97. The molecule has 0 aromatic carbocycles.